The van der Waals surface area contributed by atoms with Crippen molar-refractivity contribution in [1.82, 2.24) is 4.31 Å². The van der Waals surface area contributed by atoms with E-state index in [1.165, 1.54) is 4.31 Å². The summed E-state index contributed by atoms with van der Waals surface area (Å²) < 4.78 is 24.9. The Morgan fingerprint density at radius 3 is 2.31 bits per heavy atom. The first-order chi connectivity index (χ1) is 5.96. The average molecular weight is 205 g/mol. The van der Waals surface area contributed by atoms with E-state index >= 15 is 0 Å². The Balaban J connectivity index is 4.61. The second-order valence-electron chi connectivity index (χ2n) is 3.24. The van der Waals surface area contributed by atoms with E-state index < -0.39 is 10.0 Å². The first-order valence-electron chi connectivity index (χ1n) is 4.56. The van der Waals surface area contributed by atoms with Crippen LogP contribution in [0.5, 0.6) is 0 Å². The molecule has 3 nitrogen and oxygen atoms in total. The molecule has 13 heavy (non-hydrogen) atoms. The number of rotatable bonds is 6. The van der Waals surface area contributed by atoms with Crippen LogP contribution in [0.4, 0.5) is 0 Å². The zero-order valence-corrected chi connectivity index (χ0v) is 9.47. The standard InChI is InChI=1S/C9H19NO2S/c1-5-7-10(8-6-2)13(11,12)9(3)4/h5,9H,1,6-8H2,2-4H3. The van der Waals surface area contributed by atoms with Gasteiger partial charge in [0.1, 0.15) is 0 Å². The Morgan fingerprint density at radius 2 is 2.00 bits per heavy atom. The van der Waals surface area contributed by atoms with Crippen LogP contribution in [0.15, 0.2) is 12.7 Å². The Bertz CT molecular complexity index is 244. The Kier molecular flexibility index (Phi) is 5.25. The van der Waals surface area contributed by atoms with Crippen LogP contribution in [-0.4, -0.2) is 31.1 Å². The third kappa shape index (κ3) is 3.48. The van der Waals surface area contributed by atoms with Crippen molar-refractivity contribution < 1.29 is 8.42 Å². The quantitative estimate of drug-likeness (QED) is 0.618. The van der Waals surface area contributed by atoms with E-state index in [1.54, 1.807) is 19.9 Å². The molecule has 0 aromatic carbocycles. The largest absolute Gasteiger partial charge is 0.216 e. The van der Waals surface area contributed by atoms with Gasteiger partial charge in [0.2, 0.25) is 10.0 Å². The molecule has 0 atom stereocenters. The summed E-state index contributed by atoms with van der Waals surface area (Å²) in [5.41, 5.74) is 0. The van der Waals surface area contributed by atoms with Crippen molar-refractivity contribution in [2.45, 2.75) is 32.4 Å². The molecule has 0 radical (unpaired) electrons. The van der Waals surface area contributed by atoms with Crippen molar-refractivity contribution in [3.63, 3.8) is 0 Å². The molecule has 0 heterocycles. The van der Waals surface area contributed by atoms with Crippen molar-refractivity contribution in [3.8, 4) is 0 Å². The molecule has 0 aromatic heterocycles. The van der Waals surface area contributed by atoms with Gasteiger partial charge in [-0.25, -0.2) is 8.42 Å². The maximum Gasteiger partial charge on any atom is 0.216 e. The fourth-order valence-corrected chi connectivity index (χ4v) is 2.36. The smallest absolute Gasteiger partial charge is 0.212 e. The van der Waals surface area contributed by atoms with Gasteiger partial charge in [0.25, 0.3) is 0 Å². The molecule has 0 aliphatic heterocycles. The van der Waals surface area contributed by atoms with Crippen LogP contribution in [-0.2, 0) is 10.0 Å². The van der Waals surface area contributed by atoms with E-state index in [1.807, 2.05) is 6.92 Å². The summed E-state index contributed by atoms with van der Waals surface area (Å²) in [5.74, 6) is 0. The van der Waals surface area contributed by atoms with Crippen LogP contribution >= 0.6 is 0 Å². The lowest BCUT2D eigenvalue weighted by molar-refractivity contribution is 0.435. The number of nitrogens with zero attached hydrogens (tertiary/aromatic N) is 1. The van der Waals surface area contributed by atoms with Gasteiger partial charge in [-0.05, 0) is 20.3 Å². The van der Waals surface area contributed by atoms with E-state index in [0.29, 0.717) is 13.1 Å². The second kappa shape index (κ2) is 5.40. The van der Waals surface area contributed by atoms with Crippen LogP contribution in [0.3, 0.4) is 0 Å². The molecule has 0 rings (SSSR count). The third-order valence-electron chi connectivity index (χ3n) is 1.76. The minimum Gasteiger partial charge on any atom is -0.212 e. The molecular formula is C9H19NO2S. The molecular weight excluding hydrogens is 186 g/mol. The fourth-order valence-electron chi connectivity index (χ4n) is 1.01. The summed E-state index contributed by atoms with van der Waals surface area (Å²) in [6.07, 6.45) is 2.45. The van der Waals surface area contributed by atoms with Gasteiger partial charge >= 0.3 is 0 Å². The van der Waals surface area contributed by atoms with Crippen LogP contribution < -0.4 is 0 Å². The molecule has 0 saturated carbocycles. The highest BCUT2D eigenvalue weighted by molar-refractivity contribution is 7.89. The van der Waals surface area contributed by atoms with Crippen molar-refractivity contribution in [1.29, 1.82) is 0 Å². The van der Waals surface area contributed by atoms with Crippen molar-refractivity contribution >= 4 is 10.0 Å². The molecule has 78 valence electrons. The number of hydrogen-bond acceptors (Lipinski definition) is 2. The average Bonchev–Trinajstić information content (AvgIpc) is 2.03. The van der Waals surface area contributed by atoms with Crippen LogP contribution in [0.2, 0.25) is 0 Å². The van der Waals surface area contributed by atoms with Crippen molar-refractivity contribution in [3.05, 3.63) is 12.7 Å². The summed E-state index contributed by atoms with van der Waals surface area (Å²) in [4.78, 5) is 0. The van der Waals surface area contributed by atoms with Gasteiger partial charge in [-0.15, -0.1) is 6.58 Å². The van der Waals surface area contributed by atoms with Gasteiger partial charge in [-0.3, -0.25) is 0 Å². The van der Waals surface area contributed by atoms with Crippen molar-refractivity contribution in [2.75, 3.05) is 13.1 Å². The lowest BCUT2D eigenvalue weighted by Crippen LogP contribution is -2.36. The molecule has 4 heteroatoms. The molecule has 0 spiro atoms. The lowest BCUT2D eigenvalue weighted by atomic mass is 10.5. The van der Waals surface area contributed by atoms with Gasteiger partial charge in [0.15, 0.2) is 0 Å². The van der Waals surface area contributed by atoms with E-state index in [-0.39, 0.29) is 5.25 Å². The molecule has 0 bridgehead atoms. The number of sulfonamides is 1. The normalized spacial score (nSPS) is 12.4. The predicted molar refractivity (Wildman–Crippen MR) is 56.1 cm³/mol. The van der Waals surface area contributed by atoms with E-state index in [9.17, 15) is 8.42 Å². The first kappa shape index (κ1) is 12.7. The minimum absolute atomic E-state index is 0.348. The summed E-state index contributed by atoms with van der Waals surface area (Å²) in [5, 5.41) is -0.348. The van der Waals surface area contributed by atoms with Crippen LogP contribution in [0, 0.1) is 0 Å². The van der Waals surface area contributed by atoms with Gasteiger partial charge in [-0.2, -0.15) is 4.31 Å². The summed E-state index contributed by atoms with van der Waals surface area (Å²) in [7, 11) is -3.10. The molecule has 0 unspecified atom stereocenters. The molecule has 0 N–H and O–H groups in total. The third-order valence-corrected chi connectivity index (χ3v) is 4.00. The molecule has 0 aliphatic rings. The zero-order valence-electron chi connectivity index (χ0n) is 8.66. The molecule has 0 saturated heterocycles. The SMILES string of the molecule is C=CCN(CCC)S(=O)(=O)C(C)C. The topological polar surface area (TPSA) is 37.4 Å². The van der Waals surface area contributed by atoms with Crippen LogP contribution in [0.25, 0.3) is 0 Å². The summed E-state index contributed by atoms with van der Waals surface area (Å²) in [6, 6.07) is 0. The maximum atomic E-state index is 11.7. The van der Waals surface area contributed by atoms with Crippen molar-refractivity contribution in [2.24, 2.45) is 0 Å². The van der Waals surface area contributed by atoms with E-state index in [2.05, 4.69) is 6.58 Å². The molecule has 0 aliphatic carbocycles. The van der Waals surface area contributed by atoms with E-state index in [0.717, 1.165) is 6.42 Å². The molecule has 0 aromatic rings. The minimum atomic E-state index is -3.10. The Labute approximate surface area is 81.5 Å². The highest BCUT2D eigenvalue weighted by Crippen LogP contribution is 2.08. The van der Waals surface area contributed by atoms with Gasteiger partial charge in [0, 0.05) is 13.1 Å². The number of hydrogen-bond donors (Lipinski definition) is 0. The molecule has 0 fully saturated rings. The van der Waals surface area contributed by atoms with Gasteiger partial charge in [0.05, 0.1) is 5.25 Å². The fraction of sp³-hybridized carbons (Fsp3) is 0.778. The maximum absolute atomic E-state index is 11.7. The molecule has 0 amide bonds. The van der Waals surface area contributed by atoms with Crippen LogP contribution in [0.1, 0.15) is 27.2 Å². The zero-order chi connectivity index (χ0) is 10.5. The Hall–Kier alpha value is -0.350. The monoisotopic (exact) mass is 205 g/mol. The van der Waals surface area contributed by atoms with E-state index in [4.69, 9.17) is 0 Å². The first-order valence-corrected chi connectivity index (χ1v) is 6.07. The van der Waals surface area contributed by atoms with Gasteiger partial charge < -0.3 is 0 Å². The van der Waals surface area contributed by atoms with Gasteiger partial charge in [-0.1, -0.05) is 13.0 Å². The summed E-state index contributed by atoms with van der Waals surface area (Å²) >= 11 is 0. The lowest BCUT2D eigenvalue weighted by Gasteiger charge is -2.22. The predicted octanol–water partition coefficient (Wildman–Crippen LogP) is 1.62. The Morgan fingerprint density at radius 1 is 1.46 bits per heavy atom. The second-order valence-corrected chi connectivity index (χ2v) is 5.73. The highest BCUT2D eigenvalue weighted by Gasteiger charge is 2.23. The highest BCUT2D eigenvalue weighted by atomic mass is 32.2. The summed E-state index contributed by atoms with van der Waals surface area (Å²) in [6.45, 7) is 9.89.